The van der Waals surface area contributed by atoms with Gasteiger partial charge in [0.2, 0.25) is 5.79 Å². The number of esters is 1. The Kier molecular flexibility index (Phi) is 5.57. The van der Waals surface area contributed by atoms with Gasteiger partial charge in [-0.1, -0.05) is 27.7 Å². The van der Waals surface area contributed by atoms with Crippen LogP contribution in [-0.4, -0.2) is 47.6 Å². The molecule has 2 heterocycles. The first kappa shape index (κ1) is 24.4. The Morgan fingerprint density at radius 1 is 1.06 bits per heavy atom. The van der Waals surface area contributed by atoms with Gasteiger partial charge < -0.3 is 19.3 Å². The quantitative estimate of drug-likeness (QED) is 0.547. The molecule has 0 aromatic rings. The van der Waals surface area contributed by atoms with Gasteiger partial charge in [-0.15, -0.1) is 0 Å². The monoisotopic (exact) mass is 488 g/mol. The smallest absolute Gasteiger partial charge is 0.303 e. The molecule has 13 atom stereocenters. The van der Waals surface area contributed by atoms with Crippen LogP contribution in [0.3, 0.4) is 0 Å². The van der Waals surface area contributed by atoms with Gasteiger partial charge >= 0.3 is 5.97 Å². The molecule has 6 aliphatic rings. The molecule has 196 valence electrons. The minimum atomic E-state index is -0.850. The van der Waals surface area contributed by atoms with E-state index in [1.165, 1.54) is 6.92 Å². The Labute approximate surface area is 209 Å². The molecule has 2 saturated heterocycles. The van der Waals surface area contributed by atoms with E-state index in [-0.39, 0.29) is 46.9 Å². The van der Waals surface area contributed by atoms with Crippen LogP contribution >= 0.6 is 0 Å². The normalized spacial score (nSPS) is 57.3. The predicted molar refractivity (Wildman–Crippen MR) is 129 cm³/mol. The Hall–Kier alpha value is -0.980. The number of ether oxygens (including phenoxy) is 3. The molecule has 35 heavy (non-hydrogen) atoms. The maximum atomic E-state index is 13.4. The Bertz CT molecular complexity index is 904. The second kappa shape index (κ2) is 8.01. The van der Waals surface area contributed by atoms with Crippen molar-refractivity contribution in [3.05, 3.63) is 0 Å². The molecule has 6 heteroatoms. The second-order valence-corrected chi connectivity index (χ2v) is 13.8. The zero-order chi connectivity index (χ0) is 24.9. The number of ketones is 1. The van der Waals surface area contributed by atoms with Gasteiger partial charge in [0.1, 0.15) is 5.78 Å². The molecular weight excluding hydrogens is 444 g/mol. The fourth-order valence-corrected chi connectivity index (χ4v) is 10.5. The molecular formula is C29H44O6. The minimum absolute atomic E-state index is 0.0228. The molecule has 1 N–H and O–H groups in total. The third kappa shape index (κ3) is 3.31. The van der Waals surface area contributed by atoms with Crippen molar-refractivity contribution >= 4 is 11.8 Å². The van der Waals surface area contributed by atoms with Crippen molar-refractivity contribution in [2.24, 2.45) is 52.3 Å². The molecule has 1 spiro atoms. The number of hydrogen-bond acceptors (Lipinski definition) is 6. The van der Waals surface area contributed by atoms with Crippen molar-refractivity contribution in [1.29, 1.82) is 0 Å². The molecule has 4 saturated carbocycles. The third-order valence-electron chi connectivity index (χ3n) is 12.0. The van der Waals surface area contributed by atoms with Crippen LogP contribution in [0.5, 0.6) is 0 Å². The first-order chi connectivity index (χ1) is 16.5. The van der Waals surface area contributed by atoms with Crippen LogP contribution in [0.1, 0.15) is 86.0 Å². The van der Waals surface area contributed by atoms with E-state index in [2.05, 4.69) is 27.7 Å². The fraction of sp³-hybridized carbons (Fsp3) is 0.931. The molecule has 0 radical (unpaired) electrons. The number of aliphatic hydroxyl groups is 1. The van der Waals surface area contributed by atoms with Gasteiger partial charge in [-0.05, 0) is 85.4 Å². The van der Waals surface area contributed by atoms with Crippen molar-refractivity contribution in [3.8, 4) is 0 Å². The molecule has 0 bridgehead atoms. The van der Waals surface area contributed by atoms with Crippen molar-refractivity contribution in [1.82, 2.24) is 0 Å². The van der Waals surface area contributed by atoms with E-state index < -0.39 is 5.79 Å². The number of carbonyl (C=O) groups excluding carboxylic acids is 2. The van der Waals surface area contributed by atoms with E-state index in [0.29, 0.717) is 54.8 Å². The van der Waals surface area contributed by atoms with E-state index in [1.807, 2.05) is 0 Å². The fourth-order valence-electron chi connectivity index (χ4n) is 10.5. The summed E-state index contributed by atoms with van der Waals surface area (Å²) in [5.74, 6) is 1.53. The predicted octanol–water partition coefficient (Wildman–Crippen LogP) is 4.51. The average Bonchev–Trinajstić information content (AvgIpc) is 3.23. The standard InChI is InChI=1S/C29H44O6/c1-15-10-25(34-17(3)30)29(33-14-15)16(2)26-24(35-29)13-21-19-12-23(32)22-11-18(31)6-8-27(22,4)20(19)7-9-28(21,26)5/h15-16,18-22,24-26,31H,6-14H2,1-5H3/t15-,16-,18-,19+,20-,21-,22+,24?,25?,26?,27+,28-,29-/m0/s1. The third-order valence-corrected chi connectivity index (χ3v) is 12.0. The van der Waals surface area contributed by atoms with Crippen molar-refractivity contribution < 1.29 is 28.9 Å². The van der Waals surface area contributed by atoms with E-state index in [1.54, 1.807) is 0 Å². The molecule has 6 rings (SSSR count). The molecule has 0 aromatic heterocycles. The first-order valence-electron chi connectivity index (χ1n) is 14.2. The van der Waals surface area contributed by atoms with Crippen LogP contribution < -0.4 is 0 Å². The number of rotatable bonds is 1. The lowest BCUT2D eigenvalue weighted by Crippen LogP contribution is -2.59. The number of carbonyl (C=O) groups is 2. The number of fused-ring (bicyclic) bond motifs is 7. The van der Waals surface area contributed by atoms with E-state index in [9.17, 15) is 14.7 Å². The molecule has 6 nitrogen and oxygen atoms in total. The summed E-state index contributed by atoms with van der Waals surface area (Å²) in [6.07, 6.45) is 6.56. The molecule has 3 unspecified atom stereocenters. The highest BCUT2D eigenvalue weighted by atomic mass is 16.7. The van der Waals surface area contributed by atoms with Gasteiger partial charge in [0.05, 0.1) is 18.8 Å². The topological polar surface area (TPSA) is 82.1 Å². The second-order valence-electron chi connectivity index (χ2n) is 13.8. The largest absolute Gasteiger partial charge is 0.457 e. The summed E-state index contributed by atoms with van der Waals surface area (Å²) in [5.41, 5.74) is 0.120. The Morgan fingerprint density at radius 2 is 1.80 bits per heavy atom. The summed E-state index contributed by atoms with van der Waals surface area (Å²) >= 11 is 0. The van der Waals surface area contributed by atoms with Gasteiger partial charge in [-0.25, -0.2) is 0 Å². The van der Waals surface area contributed by atoms with Gasteiger partial charge in [0, 0.05) is 25.2 Å². The van der Waals surface area contributed by atoms with Crippen molar-refractivity contribution in [3.63, 3.8) is 0 Å². The summed E-state index contributed by atoms with van der Waals surface area (Å²) < 4.78 is 19.2. The maximum absolute atomic E-state index is 13.4. The number of hydrogen-bond donors (Lipinski definition) is 1. The summed E-state index contributed by atoms with van der Waals surface area (Å²) in [7, 11) is 0. The summed E-state index contributed by atoms with van der Waals surface area (Å²) in [4.78, 5) is 25.4. The molecule has 4 aliphatic carbocycles. The summed E-state index contributed by atoms with van der Waals surface area (Å²) in [6.45, 7) is 11.3. The van der Waals surface area contributed by atoms with Crippen LogP contribution in [0.2, 0.25) is 0 Å². The van der Waals surface area contributed by atoms with Gasteiger partial charge in [-0.3, -0.25) is 9.59 Å². The van der Waals surface area contributed by atoms with E-state index in [4.69, 9.17) is 14.2 Å². The molecule has 0 aromatic carbocycles. The molecule has 6 fully saturated rings. The van der Waals surface area contributed by atoms with E-state index in [0.717, 1.165) is 38.5 Å². The highest BCUT2D eigenvalue weighted by molar-refractivity contribution is 5.83. The highest BCUT2D eigenvalue weighted by Crippen LogP contribution is 2.71. The highest BCUT2D eigenvalue weighted by Gasteiger charge is 2.71. The molecule has 2 aliphatic heterocycles. The number of Topliss-reactive ketones (excluding diaryl/α,β-unsaturated/α-hetero) is 1. The Morgan fingerprint density at radius 3 is 2.54 bits per heavy atom. The van der Waals surface area contributed by atoms with Gasteiger partial charge in [-0.2, -0.15) is 0 Å². The van der Waals surface area contributed by atoms with E-state index >= 15 is 0 Å². The SMILES string of the molecule is CC(=O)OC1C[C@H](C)CO[C@@]12OC1C[C@H]3[C@@H]4CC(=O)[C@H]5C[C@@H](O)CC[C@]5(C)[C@H]4CC[C@]3(C)C1[C@@H]2C. The van der Waals surface area contributed by atoms with Crippen molar-refractivity contribution in [2.45, 2.75) is 110 Å². The first-order valence-corrected chi connectivity index (χ1v) is 14.2. The summed E-state index contributed by atoms with van der Waals surface area (Å²) in [5, 5.41) is 10.3. The maximum Gasteiger partial charge on any atom is 0.303 e. The zero-order valence-corrected chi connectivity index (χ0v) is 22.1. The van der Waals surface area contributed by atoms with Gasteiger partial charge in [0.25, 0.3) is 0 Å². The van der Waals surface area contributed by atoms with Crippen LogP contribution in [-0.2, 0) is 23.8 Å². The zero-order valence-electron chi connectivity index (χ0n) is 22.1. The van der Waals surface area contributed by atoms with Crippen LogP contribution in [0, 0.1) is 52.3 Å². The minimum Gasteiger partial charge on any atom is -0.457 e. The summed E-state index contributed by atoms with van der Waals surface area (Å²) in [6, 6.07) is 0. The average molecular weight is 489 g/mol. The molecule has 0 amide bonds. The Balaban J connectivity index is 1.29. The lowest BCUT2D eigenvalue weighted by molar-refractivity contribution is -0.318. The lowest BCUT2D eigenvalue weighted by atomic mass is 9.44. The van der Waals surface area contributed by atoms with Gasteiger partial charge in [0.15, 0.2) is 6.10 Å². The van der Waals surface area contributed by atoms with Crippen molar-refractivity contribution in [2.75, 3.05) is 6.61 Å². The number of aliphatic hydroxyl groups excluding tert-OH is 1. The van der Waals surface area contributed by atoms with Crippen LogP contribution in [0.15, 0.2) is 0 Å². The van der Waals surface area contributed by atoms with Crippen LogP contribution in [0.4, 0.5) is 0 Å². The van der Waals surface area contributed by atoms with Crippen LogP contribution in [0.25, 0.3) is 0 Å². The lowest BCUT2D eigenvalue weighted by Gasteiger charge is -2.60.